The number of hydrazine groups is 1. The number of nitrogens with one attached hydrogen (secondary N) is 3. The zero-order valence-electron chi connectivity index (χ0n) is 13.0. The second-order valence-electron chi connectivity index (χ2n) is 5.25. The van der Waals surface area contributed by atoms with E-state index in [1.54, 1.807) is 24.5 Å². The molecule has 2 aromatic carbocycles. The Balaban J connectivity index is 1.76. The molecule has 3 N–H and O–H groups in total. The van der Waals surface area contributed by atoms with Gasteiger partial charge in [-0.05, 0) is 30.7 Å². The number of aromatic nitrogens is 2. The summed E-state index contributed by atoms with van der Waals surface area (Å²) in [7, 11) is 0. The van der Waals surface area contributed by atoms with Crippen molar-refractivity contribution in [3.63, 3.8) is 0 Å². The number of H-pyrrole nitrogens is 1. The number of amides is 1. The van der Waals surface area contributed by atoms with Gasteiger partial charge in [0.15, 0.2) is 5.78 Å². The lowest BCUT2D eigenvalue weighted by Gasteiger charge is -2.12. The van der Waals surface area contributed by atoms with E-state index in [1.165, 1.54) is 13.0 Å². The standard InChI is InChI=1S/C18H16N4O2/c1-12(23)9-16(13-5-3-2-4-6-13)21-22-18(24)14-7-8-15-17(10-14)20-11-19-15/h2-11,21H,1H3,(H,19,20)(H,22,24). The molecule has 24 heavy (non-hydrogen) atoms. The normalized spacial score (nSPS) is 11.3. The number of nitrogens with zero attached hydrogens (tertiary/aromatic N) is 1. The van der Waals surface area contributed by atoms with Gasteiger partial charge in [0.05, 0.1) is 23.1 Å². The molecule has 3 rings (SSSR count). The SMILES string of the molecule is CC(=O)C=C(NNC(=O)c1ccc2nc[nH]c2c1)c1ccccc1. The quantitative estimate of drug-likeness (QED) is 0.498. The number of ketones is 1. The average molecular weight is 320 g/mol. The lowest BCUT2D eigenvalue weighted by molar-refractivity contribution is -0.112. The summed E-state index contributed by atoms with van der Waals surface area (Å²) >= 11 is 0. The lowest BCUT2D eigenvalue weighted by atomic mass is 10.1. The molecule has 0 saturated carbocycles. The van der Waals surface area contributed by atoms with Crippen molar-refractivity contribution in [3.05, 3.63) is 72.1 Å². The zero-order chi connectivity index (χ0) is 16.9. The van der Waals surface area contributed by atoms with Crippen molar-refractivity contribution >= 4 is 28.4 Å². The van der Waals surface area contributed by atoms with Gasteiger partial charge in [-0.25, -0.2) is 4.98 Å². The van der Waals surface area contributed by atoms with Crippen LogP contribution in [0.15, 0.2) is 60.9 Å². The second kappa shape index (κ2) is 6.78. The topological polar surface area (TPSA) is 86.9 Å². The summed E-state index contributed by atoms with van der Waals surface area (Å²) in [5, 5.41) is 0. The van der Waals surface area contributed by atoms with Gasteiger partial charge in [0.2, 0.25) is 0 Å². The molecule has 0 fully saturated rings. The van der Waals surface area contributed by atoms with Gasteiger partial charge in [-0.15, -0.1) is 0 Å². The summed E-state index contributed by atoms with van der Waals surface area (Å²) in [4.78, 5) is 30.8. The Hall–Kier alpha value is -3.41. The molecule has 6 heteroatoms. The fourth-order valence-corrected chi connectivity index (χ4v) is 2.29. The molecule has 120 valence electrons. The van der Waals surface area contributed by atoms with Crippen molar-refractivity contribution in [1.29, 1.82) is 0 Å². The second-order valence-corrected chi connectivity index (χ2v) is 5.25. The molecule has 0 aliphatic carbocycles. The third-order valence-corrected chi connectivity index (χ3v) is 3.43. The summed E-state index contributed by atoms with van der Waals surface area (Å²) in [5.74, 6) is -0.425. The number of imidazole rings is 1. The first-order valence-corrected chi connectivity index (χ1v) is 7.40. The number of carbonyl (C=O) groups excluding carboxylic acids is 2. The molecule has 0 unspecified atom stereocenters. The molecule has 0 spiro atoms. The molecular formula is C18H16N4O2. The minimum absolute atomic E-state index is 0.116. The predicted molar refractivity (Wildman–Crippen MR) is 91.8 cm³/mol. The fourth-order valence-electron chi connectivity index (χ4n) is 2.29. The van der Waals surface area contributed by atoms with Crippen LogP contribution in [0, 0.1) is 0 Å². The summed E-state index contributed by atoms with van der Waals surface area (Å²) in [6, 6.07) is 14.5. The van der Waals surface area contributed by atoms with Crippen molar-refractivity contribution in [3.8, 4) is 0 Å². The van der Waals surface area contributed by atoms with Crippen LogP contribution in [0.4, 0.5) is 0 Å². The van der Waals surface area contributed by atoms with Crippen molar-refractivity contribution < 1.29 is 9.59 Å². The van der Waals surface area contributed by atoms with Crippen LogP contribution >= 0.6 is 0 Å². The summed E-state index contributed by atoms with van der Waals surface area (Å²) < 4.78 is 0. The maximum Gasteiger partial charge on any atom is 0.269 e. The summed E-state index contributed by atoms with van der Waals surface area (Å²) in [6.07, 6.45) is 3.02. The third kappa shape index (κ3) is 3.49. The van der Waals surface area contributed by atoms with Gasteiger partial charge in [0.1, 0.15) is 0 Å². The first kappa shape index (κ1) is 15.5. The van der Waals surface area contributed by atoms with Gasteiger partial charge in [-0.1, -0.05) is 30.3 Å². The number of aromatic amines is 1. The van der Waals surface area contributed by atoms with Crippen LogP contribution in [0.5, 0.6) is 0 Å². The van der Waals surface area contributed by atoms with E-state index in [4.69, 9.17) is 0 Å². The van der Waals surface area contributed by atoms with E-state index in [0.717, 1.165) is 16.6 Å². The van der Waals surface area contributed by atoms with Crippen molar-refractivity contribution in [2.24, 2.45) is 0 Å². The van der Waals surface area contributed by atoms with E-state index in [2.05, 4.69) is 20.8 Å². The van der Waals surface area contributed by atoms with Crippen LogP contribution in [0.25, 0.3) is 16.7 Å². The first-order chi connectivity index (χ1) is 11.6. The molecule has 6 nitrogen and oxygen atoms in total. The van der Waals surface area contributed by atoms with Gasteiger partial charge < -0.3 is 4.98 Å². The highest BCUT2D eigenvalue weighted by Gasteiger charge is 2.09. The Morgan fingerprint density at radius 2 is 1.83 bits per heavy atom. The number of hydrogen-bond acceptors (Lipinski definition) is 4. The van der Waals surface area contributed by atoms with Crippen LogP contribution in [0.1, 0.15) is 22.8 Å². The van der Waals surface area contributed by atoms with Crippen molar-refractivity contribution in [2.45, 2.75) is 6.92 Å². The lowest BCUT2D eigenvalue weighted by Crippen LogP contribution is -2.36. The Morgan fingerprint density at radius 1 is 1.04 bits per heavy atom. The molecule has 3 aromatic rings. The predicted octanol–water partition coefficient (Wildman–Crippen LogP) is 2.43. The van der Waals surface area contributed by atoms with E-state index in [0.29, 0.717) is 11.3 Å². The Kier molecular flexibility index (Phi) is 4.38. The summed E-state index contributed by atoms with van der Waals surface area (Å²) in [5.41, 5.74) is 8.82. The minimum Gasteiger partial charge on any atom is -0.345 e. The van der Waals surface area contributed by atoms with Crippen molar-refractivity contribution in [2.75, 3.05) is 0 Å². The Bertz CT molecular complexity index is 913. The first-order valence-electron chi connectivity index (χ1n) is 7.40. The highest BCUT2D eigenvalue weighted by molar-refractivity contribution is 5.98. The molecule has 1 heterocycles. The minimum atomic E-state index is -0.308. The molecule has 0 aliphatic rings. The number of rotatable bonds is 5. The van der Waals surface area contributed by atoms with Gasteiger partial charge in [0.25, 0.3) is 5.91 Å². The highest BCUT2D eigenvalue weighted by Crippen LogP contribution is 2.12. The van der Waals surface area contributed by atoms with E-state index < -0.39 is 0 Å². The molecule has 0 saturated heterocycles. The highest BCUT2D eigenvalue weighted by atomic mass is 16.2. The van der Waals surface area contributed by atoms with Crippen molar-refractivity contribution in [1.82, 2.24) is 20.8 Å². The Labute approximate surface area is 138 Å². The smallest absolute Gasteiger partial charge is 0.269 e. The zero-order valence-corrected chi connectivity index (χ0v) is 13.0. The molecule has 1 aromatic heterocycles. The number of fused-ring (bicyclic) bond motifs is 1. The van der Waals surface area contributed by atoms with Crippen LogP contribution in [-0.2, 0) is 4.79 Å². The van der Waals surface area contributed by atoms with Gasteiger partial charge in [-0.3, -0.25) is 20.4 Å². The van der Waals surface area contributed by atoms with Crippen LogP contribution < -0.4 is 10.9 Å². The largest absolute Gasteiger partial charge is 0.345 e. The number of hydrogen-bond donors (Lipinski definition) is 3. The van der Waals surface area contributed by atoms with Crippen LogP contribution in [-0.4, -0.2) is 21.7 Å². The van der Waals surface area contributed by atoms with Gasteiger partial charge in [0, 0.05) is 11.6 Å². The number of carbonyl (C=O) groups is 2. The molecule has 0 aliphatic heterocycles. The number of benzene rings is 2. The van der Waals surface area contributed by atoms with E-state index in [1.807, 2.05) is 30.3 Å². The molecular weight excluding hydrogens is 304 g/mol. The van der Waals surface area contributed by atoms with E-state index in [9.17, 15) is 9.59 Å². The molecule has 0 atom stereocenters. The average Bonchev–Trinajstić information content (AvgIpc) is 3.06. The van der Waals surface area contributed by atoms with Gasteiger partial charge >= 0.3 is 0 Å². The monoisotopic (exact) mass is 320 g/mol. The summed E-state index contributed by atoms with van der Waals surface area (Å²) in [6.45, 7) is 1.46. The third-order valence-electron chi connectivity index (χ3n) is 3.43. The van der Waals surface area contributed by atoms with Crippen LogP contribution in [0.2, 0.25) is 0 Å². The van der Waals surface area contributed by atoms with E-state index >= 15 is 0 Å². The molecule has 1 amide bonds. The van der Waals surface area contributed by atoms with E-state index in [-0.39, 0.29) is 11.7 Å². The maximum atomic E-state index is 12.3. The molecule has 0 bridgehead atoms. The maximum absolute atomic E-state index is 12.3. The molecule has 0 radical (unpaired) electrons. The fraction of sp³-hybridized carbons (Fsp3) is 0.0556. The number of allylic oxidation sites excluding steroid dienone is 1. The van der Waals surface area contributed by atoms with Crippen LogP contribution in [0.3, 0.4) is 0 Å². The Morgan fingerprint density at radius 3 is 2.58 bits per heavy atom. The van der Waals surface area contributed by atoms with Gasteiger partial charge in [-0.2, -0.15) is 0 Å².